The molecule has 1 saturated heterocycles. The van der Waals surface area contributed by atoms with E-state index in [0.717, 1.165) is 66.5 Å². The number of ketones is 4. The van der Waals surface area contributed by atoms with Crippen LogP contribution in [0.3, 0.4) is 0 Å². The Labute approximate surface area is 696 Å². The van der Waals surface area contributed by atoms with Gasteiger partial charge in [0, 0.05) is 123 Å². The quantitative estimate of drug-likeness (QED) is 0.0715. The Hall–Kier alpha value is -9.31. The molecule has 0 aliphatic carbocycles. The Morgan fingerprint density at radius 1 is 0.487 bits per heavy atom. The molecule has 5 heterocycles. The smallest absolute Gasteiger partial charge is 0.407 e. The molecular formula is C100H148N8O7. The number of imidazole rings is 2. The monoisotopic (exact) mass is 1570 g/mol. The van der Waals surface area contributed by atoms with Gasteiger partial charge in [-0.2, -0.15) is 0 Å². The molecule has 0 saturated carbocycles. The number of amides is 1. The third kappa shape index (κ3) is 45.0. The fraction of sp³-hybridized carbons (Fsp3) is 0.490. The SMILES string of the molecule is CC(=O)c1cccc(C(C)C)n1.CC(C)C(=O)c1cccc(C(C)C)c1.CC(C)N1CCOCC1.CC(C)c1ccc(CNC(=O)OC(C)(C)C)cc1.CC(C)c1ccccc1.CC(C)c1cccnc1.CC(C)n1ccnc1.CCC(=O)c1cccc(C(C)C)c1.CCCC(=O)c1cccc(C(C)C)c1.Cc1nccn1C(C)C. The maximum absolute atomic E-state index is 11.7. The number of alkyl carbamates (subject to hydrolysis) is 1. The lowest BCUT2D eigenvalue weighted by molar-refractivity contribution is 0.0237. The number of nitrogens with one attached hydrogen (secondary N) is 1. The zero-order chi connectivity index (χ0) is 86.9. The van der Waals surface area contributed by atoms with Crippen molar-refractivity contribution in [3.63, 3.8) is 0 Å². The van der Waals surface area contributed by atoms with Crippen molar-refractivity contribution >= 4 is 29.2 Å². The molecule has 0 spiro atoms. The van der Waals surface area contributed by atoms with Gasteiger partial charge in [-0.25, -0.2) is 19.7 Å². The summed E-state index contributed by atoms with van der Waals surface area (Å²) in [4.78, 5) is 75.8. The number of nitrogens with zero attached hydrogens (tertiary/aromatic N) is 7. The molecule has 1 aliphatic rings. The van der Waals surface area contributed by atoms with Crippen LogP contribution in [-0.2, 0) is 16.0 Å². The lowest BCUT2D eigenvalue weighted by Crippen LogP contribution is -2.40. The minimum absolute atomic E-state index is 0.0255. The van der Waals surface area contributed by atoms with Gasteiger partial charge in [-0.1, -0.05) is 246 Å². The Balaban J connectivity index is 0.000000645. The van der Waals surface area contributed by atoms with Crippen LogP contribution in [0.4, 0.5) is 4.79 Å². The van der Waals surface area contributed by atoms with Crippen molar-refractivity contribution < 1.29 is 33.4 Å². The molecule has 1 amide bonds. The second-order valence-electron chi connectivity index (χ2n) is 33.0. The maximum atomic E-state index is 11.7. The van der Waals surface area contributed by atoms with Gasteiger partial charge in [-0.15, -0.1) is 0 Å². The van der Waals surface area contributed by atoms with Gasteiger partial charge in [0.05, 0.1) is 19.5 Å². The van der Waals surface area contributed by atoms with Crippen LogP contribution in [-0.4, -0.2) is 101 Å². The van der Waals surface area contributed by atoms with E-state index in [1.807, 2.05) is 178 Å². The molecule has 630 valence electrons. The van der Waals surface area contributed by atoms with Crippen LogP contribution < -0.4 is 5.32 Å². The van der Waals surface area contributed by atoms with Gasteiger partial charge in [0.25, 0.3) is 0 Å². The summed E-state index contributed by atoms with van der Waals surface area (Å²) in [6.45, 7) is 64.4. The number of rotatable bonds is 20. The number of Topliss-reactive ketones (excluding diaryl/α,β-unsaturated/α-hetero) is 4. The van der Waals surface area contributed by atoms with Gasteiger partial charge in [0.2, 0.25) is 0 Å². The minimum atomic E-state index is -0.453. The number of carbonyl (C=O) groups excluding carboxylic acids is 5. The first-order valence-corrected chi connectivity index (χ1v) is 41.8. The number of aromatic nitrogens is 6. The molecule has 5 aromatic carbocycles. The lowest BCUT2D eigenvalue weighted by atomic mass is 9.96. The second kappa shape index (κ2) is 56.9. The molecule has 1 fully saturated rings. The molecule has 15 heteroatoms. The molecule has 115 heavy (non-hydrogen) atoms. The van der Waals surface area contributed by atoms with Crippen LogP contribution >= 0.6 is 0 Å². The fourth-order valence-corrected chi connectivity index (χ4v) is 10.7. The number of hydrogen-bond donors (Lipinski definition) is 1. The summed E-state index contributed by atoms with van der Waals surface area (Å²) in [5.41, 5.74) is 12.4. The van der Waals surface area contributed by atoms with Crippen LogP contribution in [0, 0.1) is 12.8 Å². The summed E-state index contributed by atoms with van der Waals surface area (Å²) in [7, 11) is 0. The highest BCUT2D eigenvalue weighted by Crippen LogP contribution is 2.22. The summed E-state index contributed by atoms with van der Waals surface area (Å²) >= 11 is 0. The molecular weight excluding hydrogens is 1430 g/mol. The highest BCUT2D eigenvalue weighted by molar-refractivity contribution is 5.98. The molecule has 1 aliphatic heterocycles. The Morgan fingerprint density at radius 3 is 1.32 bits per heavy atom. The third-order valence-corrected chi connectivity index (χ3v) is 18.2. The summed E-state index contributed by atoms with van der Waals surface area (Å²) in [5.74, 6) is 5.53. The minimum Gasteiger partial charge on any atom is -0.444 e. The fourth-order valence-electron chi connectivity index (χ4n) is 10.7. The highest BCUT2D eigenvalue weighted by atomic mass is 16.6. The van der Waals surface area contributed by atoms with E-state index in [1.165, 1.54) is 40.3 Å². The summed E-state index contributed by atoms with van der Waals surface area (Å²) in [6, 6.07) is 54.0. The first-order valence-electron chi connectivity index (χ1n) is 41.8. The van der Waals surface area contributed by atoms with E-state index in [9.17, 15) is 24.0 Å². The molecule has 0 bridgehead atoms. The zero-order valence-electron chi connectivity index (χ0n) is 76.0. The Kier molecular flexibility index (Phi) is 51.3. The van der Waals surface area contributed by atoms with Crippen molar-refractivity contribution in [3.8, 4) is 0 Å². The first-order chi connectivity index (χ1) is 54.1. The van der Waals surface area contributed by atoms with Gasteiger partial charge >= 0.3 is 6.09 Å². The molecule has 10 rings (SSSR count). The molecule has 0 unspecified atom stereocenters. The average Bonchev–Trinajstić information content (AvgIpc) is 1.51. The van der Waals surface area contributed by atoms with E-state index >= 15 is 0 Å². The van der Waals surface area contributed by atoms with Crippen molar-refractivity contribution in [2.45, 2.75) is 292 Å². The topological polar surface area (TPSA) is 180 Å². The predicted molar refractivity (Wildman–Crippen MR) is 483 cm³/mol. The van der Waals surface area contributed by atoms with Gasteiger partial charge in [-0.3, -0.25) is 29.1 Å². The number of hydrogen-bond acceptors (Lipinski definition) is 12. The normalized spacial score (nSPS) is 11.6. The van der Waals surface area contributed by atoms with Gasteiger partial charge in [0.15, 0.2) is 23.1 Å². The molecule has 15 nitrogen and oxygen atoms in total. The van der Waals surface area contributed by atoms with Crippen molar-refractivity contribution in [3.05, 3.63) is 274 Å². The Morgan fingerprint density at radius 2 is 0.965 bits per heavy atom. The van der Waals surface area contributed by atoms with Crippen molar-refractivity contribution in [2.75, 3.05) is 26.3 Å². The summed E-state index contributed by atoms with van der Waals surface area (Å²) in [6.07, 6.45) is 14.9. The number of benzene rings is 5. The molecule has 9 aromatic rings. The van der Waals surface area contributed by atoms with Gasteiger partial charge in [0.1, 0.15) is 17.1 Å². The number of carbonyl (C=O) groups is 5. The number of aryl methyl sites for hydroxylation is 1. The third-order valence-electron chi connectivity index (χ3n) is 18.2. The standard InChI is InChI=1S/C15H23NO2.2C13H18O.C12H16O.C10H13NO.C9H12.C8H11N.C7H12N2.C7H15NO.C6H10N2/c1-11(2)13-8-6-12(7-9-13)10-16-14(17)18-15(3,4)5;1-9(2)11-6-5-7-12(8-11)13(14)10(3)4;1-4-6-13(14)12-8-5-7-11(9-12)10(2)3;1-4-12(13)11-7-5-6-10(8-11)9(2)3;1-7(2)9-5-4-6-10(11-9)8(3)12;1-8(2)9-6-4-3-5-7-9;1-7(2)8-4-3-5-9-6-8;1-6(2)9-5-4-8-7(9)3;1-7(2)8-3-5-9-6-4-8;1-6(2)8-4-3-7-5-8/h6-9,11H,10H2,1-5H3,(H,16,17);5-10H,1-4H3;5,7-10H,4,6H2,1-3H3;5-9H,4H2,1-3H3;4-7H,1-3H3;3-8H,1-2H3;3-7H,1-2H3;4-6H,1-3H3;7H,3-6H2,1-2H3;3-6H,1-2H3. The Bertz CT molecular complexity index is 4040. The molecule has 4 aromatic heterocycles. The predicted octanol–water partition coefficient (Wildman–Crippen LogP) is 26.1. The van der Waals surface area contributed by atoms with Crippen LogP contribution in [0.25, 0.3) is 0 Å². The molecule has 0 radical (unpaired) electrons. The van der Waals surface area contributed by atoms with E-state index in [-0.39, 0.29) is 35.1 Å². The highest BCUT2D eigenvalue weighted by Gasteiger charge is 2.17. The number of pyridine rings is 2. The van der Waals surface area contributed by atoms with E-state index in [4.69, 9.17) is 9.47 Å². The average molecular weight is 1570 g/mol. The molecule has 0 atom stereocenters. The van der Waals surface area contributed by atoms with E-state index in [0.29, 0.717) is 84.6 Å². The van der Waals surface area contributed by atoms with Crippen molar-refractivity contribution in [1.29, 1.82) is 0 Å². The number of ether oxygens (including phenoxy) is 2. The maximum Gasteiger partial charge on any atom is 0.407 e. The molecule has 1 N–H and O–H groups in total. The lowest BCUT2D eigenvalue weighted by Gasteiger charge is -2.29. The van der Waals surface area contributed by atoms with E-state index in [1.54, 1.807) is 18.5 Å². The van der Waals surface area contributed by atoms with Gasteiger partial charge < -0.3 is 23.9 Å². The summed E-state index contributed by atoms with van der Waals surface area (Å²) in [5, 5.41) is 2.74. The summed E-state index contributed by atoms with van der Waals surface area (Å²) < 4.78 is 14.6. The van der Waals surface area contributed by atoms with Crippen molar-refractivity contribution in [1.82, 2.24) is 39.3 Å². The van der Waals surface area contributed by atoms with Crippen LogP contribution in [0.2, 0.25) is 0 Å². The van der Waals surface area contributed by atoms with Gasteiger partial charge in [-0.05, 0) is 192 Å². The van der Waals surface area contributed by atoms with Crippen LogP contribution in [0.1, 0.15) is 359 Å². The van der Waals surface area contributed by atoms with Crippen LogP contribution in [0.15, 0.2) is 201 Å². The van der Waals surface area contributed by atoms with E-state index < -0.39 is 5.60 Å². The second-order valence-corrected chi connectivity index (χ2v) is 33.0. The first kappa shape index (κ1) is 104. The van der Waals surface area contributed by atoms with Crippen molar-refractivity contribution in [2.24, 2.45) is 5.92 Å². The largest absolute Gasteiger partial charge is 0.444 e. The number of morpholine rings is 1. The zero-order valence-corrected chi connectivity index (χ0v) is 76.0. The van der Waals surface area contributed by atoms with Crippen LogP contribution in [0.5, 0.6) is 0 Å². The van der Waals surface area contributed by atoms with E-state index in [2.05, 4.69) is 238 Å².